The van der Waals surface area contributed by atoms with Gasteiger partial charge >= 0.3 is 6.03 Å². The van der Waals surface area contributed by atoms with Crippen molar-refractivity contribution in [3.05, 3.63) is 77.4 Å². The summed E-state index contributed by atoms with van der Waals surface area (Å²) in [5.74, 6) is 0.919. The van der Waals surface area contributed by atoms with E-state index in [9.17, 15) is 9.59 Å². The minimum atomic E-state index is -0.304. The molecule has 2 amide bonds. The topological polar surface area (TPSA) is 61.4 Å². The van der Waals surface area contributed by atoms with Gasteiger partial charge in [-0.1, -0.05) is 75.2 Å². The molecular formula is C30H37N3O2. The van der Waals surface area contributed by atoms with Crippen LogP contribution in [0.25, 0.3) is 11.1 Å². The van der Waals surface area contributed by atoms with Gasteiger partial charge in [0.15, 0.2) is 6.29 Å². The molecule has 0 aliphatic heterocycles. The van der Waals surface area contributed by atoms with Crippen molar-refractivity contribution in [3.8, 4) is 11.1 Å². The van der Waals surface area contributed by atoms with Crippen LogP contribution in [0.5, 0.6) is 0 Å². The van der Waals surface area contributed by atoms with Crippen LogP contribution in [0.2, 0.25) is 0 Å². The first-order chi connectivity index (χ1) is 16.7. The first-order valence-electron chi connectivity index (χ1n) is 12.3. The maximum Gasteiger partial charge on any atom is 0.323 e. The van der Waals surface area contributed by atoms with Gasteiger partial charge in [0.05, 0.1) is 11.4 Å². The van der Waals surface area contributed by atoms with Gasteiger partial charge in [-0.3, -0.25) is 4.79 Å². The smallest absolute Gasteiger partial charge is 0.323 e. The minimum Gasteiger partial charge on any atom is -0.369 e. The summed E-state index contributed by atoms with van der Waals surface area (Å²) >= 11 is 0. The zero-order chi connectivity index (χ0) is 25.5. The lowest BCUT2D eigenvalue weighted by Crippen LogP contribution is -2.32. The number of anilines is 3. The maximum absolute atomic E-state index is 13.0. The molecule has 0 unspecified atom stereocenters. The number of carbonyl (C=O) groups is 2. The molecule has 0 aromatic heterocycles. The summed E-state index contributed by atoms with van der Waals surface area (Å²) in [5.41, 5.74) is 6.98. The quantitative estimate of drug-likeness (QED) is 0.317. The number of urea groups is 1. The zero-order valence-electron chi connectivity index (χ0n) is 21.7. The molecule has 35 heavy (non-hydrogen) atoms. The average Bonchev–Trinajstić information content (AvgIpc) is 2.79. The molecule has 0 spiro atoms. The second-order valence-corrected chi connectivity index (χ2v) is 10.1. The molecule has 0 radical (unpaired) electrons. The molecule has 0 aliphatic rings. The van der Waals surface area contributed by atoms with Crippen molar-refractivity contribution in [2.24, 2.45) is 11.8 Å². The van der Waals surface area contributed by atoms with Gasteiger partial charge in [0.1, 0.15) is 0 Å². The lowest BCUT2D eigenvalue weighted by molar-refractivity contribution is 0.112. The highest BCUT2D eigenvalue weighted by molar-refractivity contribution is 6.03. The van der Waals surface area contributed by atoms with Crippen molar-refractivity contribution in [2.45, 2.75) is 41.5 Å². The lowest BCUT2D eigenvalue weighted by Gasteiger charge is -2.31. The number of benzene rings is 3. The van der Waals surface area contributed by atoms with Crippen molar-refractivity contribution >= 4 is 29.4 Å². The van der Waals surface area contributed by atoms with Gasteiger partial charge < -0.3 is 15.5 Å². The molecule has 3 aromatic rings. The Kier molecular flexibility index (Phi) is 8.69. The fourth-order valence-corrected chi connectivity index (χ4v) is 4.18. The molecule has 184 valence electrons. The van der Waals surface area contributed by atoms with Crippen molar-refractivity contribution in [1.29, 1.82) is 0 Å². The molecule has 3 aromatic carbocycles. The predicted octanol–water partition coefficient (Wildman–Crippen LogP) is 7.55. The van der Waals surface area contributed by atoms with Gasteiger partial charge in [-0.2, -0.15) is 0 Å². The Bertz CT molecular complexity index is 1160. The number of hydrogen-bond donors (Lipinski definition) is 2. The monoisotopic (exact) mass is 471 g/mol. The minimum absolute atomic E-state index is 0.304. The fraction of sp³-hybridized carbons (Fsp3) is 0.333. The van der Waals surface area contributed by atoms with Gasteiger partial charge in [-0.25, -0.2) is 4.79 Å². The molecule has 0 bridgehead atoms. The molecule has 0 aliphatic carbocycles. The van der Waals surface area contributed by atoms with Crippen LogP contribution in [0.15, 0.2) is 60.7 Å². The van der Waals surface area contributed by atoms with Crippen LogP contribution >= 0.6 is 0 Å². The molecule has 5 nitrogen and oxygen atoms in total. The molecule has 0 saturated heterocycles. The van der Waals surface area contributed by atoms with Gasteiger partial charge in [0, 0.05) is 24.3 Å². The van der Waals surface area contributed by atoms with Crippen LogP contribution in [0, 0.1) is 25.7 Å². The molecule has 2 N–H and O–H groups in total. The number of aryl methyl sites for hydroxylation is 2. The van der Waals surface area contributed by atoms with Crippen molar-refractivity contribution in [3.63, 3.8) is 0 Å². The third kappa shape index (κ3) is 7.19. The second kappa shape index (κ2) is 11.7. The largest absolute Gasteiger partial charge is 0.369 e. The summed E-state index contributed by atoms with van der Waals surface area (Å²) in [6, 6.07) is 19.2. The van der Waals surface area contributed by atoms with E-state index in [0.717, 1.165) is 53.0 Å². The molecule has 3 rings (SSSR count). The van der Waals surface area contributed by atoms with Crippen LogP contribution in [0.3, 0.4) is 0 Å². The third-order valence-electron chi connectivity index (χ3n) is 5.71. The van der Waals surface area contributed by atoms with Crippen molar-refractivity contribution in [1.82, 2.24) is 0 Å². The van der Waals surface area contributed by atoms with Gasteiger partial charge in [0.2, 0.25) is 0 Å². The standard InChI is InChI=1S/C30H37N3O2/c1-20(2)17-33(18-21(3)4)29-14-11-24(27-15-23(6)7-10-25(27)19-34)16-28(29)32-30(35)31-26-12-8-22(5)9-13-26/h7-16,19-21H,17-18H2,1-6H3,(H2,31,32,35). The van der Waals surface area contributed by atoms with E-state index in [1.54, 1.807) is 0 Å². The lowest BCUT2D eigenvalue weighted by atomic mass is 9.97. The van der Waals surface area contributed by atoms with Gasteiger partial charge in [-0.15, -0.1) is 0 Å². The summed E-state index contributed by atoms with van der Waals surface area (Å²) < 4.78 is 0. The van der Waals surface area contributed by atoms with E-state index in [1.165, 1.54) is 0 Å². The first kappa shape index (κ1) is 26.0. The van der Waals surface area contributed by atoms with Crippen LogP contribution in [-0.4, -0.2) is 25.4 Å². The number of hydrogen-bond acceptors (Lipinski definition) is 3. The summed E-state index contributed by atoms with van der Waals surface area (Å²) in [6.45, 7) is 14.5. The molecule has 0 atom stereocenters. The molecular weight excluding hydrogens is 434 g/mol. The number of amides is 2. The highest BCUT2D eigenvalue weighted by atomic mass is 16.2. The fourth-order valence-electron chi connectivity index (χ4n) is 4.18. The highest BCUT2D eigenvalue weighted by Gasteiger charge is 2.18. The zero-order valence-corrected chi connectivity index (χ0v) is 21.7. The third-order valence-corrected chi connectivity index (χ3v) is 5.71. The van der Waals surface area contributed by atoms with E-state index in [0.29, 0.717) is 23.1 Å². The van der Waals surface area contributed by atoms with Crippen molar-refractivity contribution < 1.29 is 9.59 Å². The number of carbonyl (C=O) groups excluding carboxylic acids is 2. The summed E-state index contributed by atoms with van der Waals surface area (Å²) in [5, 5.41) is 6.01. The molecule has 0 fully saturated rings. The SMILES string of the molecule is Cc1ccc(NC(=O)Nc2cc(-c3cc(C)ccc3C=O)ccc2N(CC(C)C)CC(C)C)cc1. The van der Waals surface area contributed by atoms with Gasteiger partial charge in [-0.05, 0) is 61.1 Å². The first-order valence-corrected chi connectivity index (χ1v) is 12.3. The van der Waals surface area contributed by atoms with E-state index in [1.807, 2.05) is 68.4 Å². The Hall–Kier alpha value is -3.60. The number of nitrogens with one attached hydrogen (secondary N) is 2. The molecule has 0 heterocycles. The summed E-state index contributed by atoms with van der Waals surface area (Å²) in [6.07, 6.45) is 0.879. The number of nitrogens with zero attached hydrogens (tertiary/aromatic N) is 1. The maximum atomic E-state index is 13.0. The van der Waals surface area contributed by atoms with Crippen LogP contribution in [-0.2, 0) is 0 Å². The Morgan fingerprint density at radius 1 is 0.829 bits per heavy atom. The van der Waals surface area contributed by atoms with Crippen LogP contribution in [0.1, 0.15) is 49.2 Å². The van der Waals surface area contributed by atoms with E-state index < -0.39 is 0 Å². The van der Waals surface area contributed by atoms with Crippen LogP contribution in [0.4, 0.5) is 21.9 Å². The second-order valence-electron chi connectivity index (χ2n) is 10.1. The van der Waals surface area contributed by atoms with Crippen LogP contribution < -0.4 is 15.5 Å². The van der Waals surface area contributed by atoms with E-state index in [2.05, 4.69) is 49.3 Å². The summed E-state index contributed by atoms with van der Waals surface area (Å²) in [4.78, 5) is 27.1. The Labute approximate surface area is 209 Å². The predicted molar refractivity (Wildman–Crippen MR) is 148 cm³/mol. The molecule has 0 saturated carbocycles. The molecule has 5 heteroatoms. The summed E-state index contributed by atoms with van der Waals surface area (Å²) in [7, 11) is 0. The highest BCUT2D eigenvalue weighted by Crippen LogP contribution is 2.34. The van der Waals surface area contributed by atoms with Crippen molar-refractivity contribution in [2.75, 3.05) is 28.6 Å². The van der Waals surface area contributed by atoms with E-state index in [-0.39, 0.29) is 6.03 Å². The Morgan fingerprint density at radius 3 is 2.06 bits per heavy atom. The van der Waals surface area contributed by atoms with E-state index in [4.69, 9.17) is 0 Å². The normalized spacial score (nSPS) is 11.0. The Morgan fingerprint density at radius 2 is 1.46 bits per heavy atom. The average molecular weight is 472 g/mol. The number of rotatable bonds is 9. The Balaban J connectivity index is 2.04. The van der Waals surface area contributed by atoms with E-state index >= 15 is 0 Å². The van der Waals surface area contributed by atoms with Gasteiger partial charge in [0.25, 0.3) is 0 Å². The number of aldehydes is 1.